The molecule has 0 spiro atoms. The number of benzene rings is 1. The third kappa shape index (κ3) is 4.21. The first kappa shape index (κ1) is 16.3. The first-order chi connectivity index (χ1) is 10.5. The number of hydrogen-bond donors (Lipinski definition) is 1. The monoisotopic (exact) mass is 320 g/mol. The van der Waals surface area contributed by atoms with Crippen LogP contribution in [0.15, 0.2) is 29.6 Å². The van der Waals surface area contributed by atoms with Gasteiger partial charge in [0.1, 0.15) is 11.5 Å². The van der Waals surface area contributed by atoms with E-state index in [4.69, 9.17) is 9.47 Å². The number of methoxy groups -OCH3 is 1. The van der Waals surface area contributed by atoms with Gasteiger partial charge in [-0.3, -0.25) is 10.1 Å². The van der Waals surface area contributed by atoms with Crippen LogP contribution in [-0.4, -0.2) is 24.1 Å². The van der Waals surface area contributed by atoms with Gasteiger partial charge < -0.3 is 9.47 Å². The summed E-state index contributed by atoms with van der Waals surface area (Å²) in [6, 6.07) is 7.16. The minimum atomic E-state index is -0.626. The van der Waals surface area contributed by atoms with Crippen molar-refractivity contribution < 1.29 is 14.3 Å². The lowest BCUT2D eigenvalue weighted by atomic mass is 10.2. The molecule has 0 aliphatic carbocycles. The van der Waals surface area contributed by atoms with Crippen LogP contribution in [0.1, 0.15) is 32.4 Å². The molecule has 1 atom stereocenters. The lowest BCUT2D eigenvalue weighted by Crippen LogP contribution is -2.30. The summed E-state index contributed by atoms with van der Waals surface area (Å²) >= 11 is 1.42. The van der Waals surface area contributed by atoms with Crippen molar-refractivity contribution in [2.45, 2.75) is 32.8 Å². The second kappa shape index (κ2) is 7.26. The molecule has 0 aliphatic rings. The highest BCUT2D eigenvalue weighted by Gasteiger charge is 2.17. The van der Waals surface area contributed by atoms with Gasteiger partial charge in [-0.25, -0.2) is 4.98 Å². The van der Waals surface area contributed by atoms with Crippen LogP contribution >= 0.6 is 11.3 Å². The maximum atomic E-state index is 12.1. The average Bonchev–Trinajstić information content (AvgIpc) is 2.96. The zero-order chi connectivity index (χ0) is 16.1. The van der Waals surface area contributed by atoms with Gasteiger partial charge in [-0.2, -0.15) is 0 Å². The predicted octanol–water partition coefficient (Wildman–Crippen LogP) is 3.68. The van der Waals surface area contributed by atoms with Crippen molar-refractivity contribution in [1.29, 1.82) is 0 Å². The largest absolute Gasteiger partial charge is 0.497 e. The Balaban J connectivity index is 1.96. The van der Waals surface area contributed by atoms with Crippen molar-refractivity contribution >= 4 is 22.4 Å². The van der Waals surface area contributed by atoms with Gasteiger partial charge in [0, 0.05) is 11.4 Å². The van der Waals surface area contributed by atoms with Crippen molar-refractivity contribution in [1.82, 2.24) is 4.98 Å². The van der Waals surface area contributed by atoms with Gasteiger partial charge in [-0.1, -0.05) is 19.9 Å². The molecule has 0 saturated heterocycles. The van der Waals surface area contributed by atoms with E-state index in [1.165, 1.54) is 11.3 Å². The first-order valence-electron chi connectivity index (χ1n) is 7.06. The number of hydrogen-bond acceptors (Lipinski definition) is 5. The summed E-state index contributed by atoms with van der Waals surface area (Å²) < 4.78 is 10.8. The van der Waals surface area contributed by atoms with Gasteiger partial charge in [0.25, 0.3) is 5.91 Å². The van der Waals surface area contributed by atoms with Gasteiger partial charge in [0.05, 0.1) is 12.8 Å². The Morgan fingerprint density at radius 1 is 1.27 bits per heavy atom. The van der Waals surface area contributed by atoms with Gasteiger partial charge in [-0.05, 0) is 25.0 Å². The summed E-state index contributed by atoms with van der Waals surface area (Å²) in [5.74, 6) is 1.38. The van der Waals surface area contributed by atoms with E-state index in [0.29, 0.717) is 22.5 Å². The Morgan fingerprint density at radius 2 is 2.00 bits per heavy atom. The predicted molar refractivity (Wildman–Crippen MR) is 87.9 cm³/mol. The molecule has 1 amide bonds. The summed E-state index contributed by atoms with van der Waals surface area (Å²) in [6.07, 6.45) is -0.626. The Morgan fingerprint density at radius 3 is 2.64 bits per heavy atom. The molecule has 1 unspecified atom stereocenters. The third-order valence-corrected chi connectivity index (χ3v) is 3.84. The number of ether oxygens (including phenoxy) is 2. The van der Waals surface area contributed by atoms with Crippen molar-refractivity contribution in [2.24, 2.45) is 0 Å². The van der Waals surface area contributed by atoms with Crippen LogP contribution in [0.5, 0.6) is 11.5 Å². The second-order valence-corrected chi connectivity index (χ2v) is 6.02. The highest BCUT2D eigenvalue weighted by Crippen LogP contribution is 2.23. The molecule has 0 radical (unpaired) electrons. The maximum Gasteiger partial charge on any atom is 0.266 e. The summed E-state index contributed by atoms with van der Waals surface area (Å²) in [6.45, 7) is 5.83. The van der Waals surface area contributed by atoms with Crippen molar-refractivity contribution in [3.05, 3.63) is 35.3 Å². The SMILES string of the molecule is COc1cccc(OC(C)C(=O)Nc2nc(C(C)C)cs2)c1. The fourth-order valence-electron chi connectivity index (χ4n) is 1.75. The van der Waals surface area contributed by atoms with E-state index in [2.05, 4.69) is 24.1 Å². The average molecular weight is 320 g/mol. The topological polar surface area (TPSA) is 60.5 Å². The van der Waals surface area contributed by atoms with Crippen LogP contribution in [0.25, 0.3) is 0 Å². The molecule has 0 fully saturated rings. The third-order valence-electron chi connectivity index (χ3n) is 3.07. The van der Waals surface area contributed by atoms with Crippen LogP contribution in [0.2, 0.25) is 0 Å². The Hall–Kier alpha value is -2.08. The molecule has 1 N–H and O–H groups in total. The fourth-order valence-corrected chi connectivity index (χ4v) is 2.62. The number of aromatic nitrogens is 1. The van der Waals surface area contributed by atoms with E-state index >= 15 is 0 Å². The molecule has 5 nitrogen and oxygen atoms in total. The molecule has 6 heteroatoms. The van der Waals surface area contributed by atoms with E-state index in [1.807, 2.05) is 17.5 Å². The van der Waals surface area contributed by atoms with Gasteiger partial charge >= 0.3 is 0 Å². The number of nitrogens with zero attached hydrogens (tertiary/aromatic N) is 1. The van der Waals surface area contributed by atoms with Crippen LogP contribution in [0.4, 0.5) is 5.13 Å². The van der Waals surface area contributed by atoms with E-state index in [0.717, 1.165) is 5.69 Å². The summed E-state index contributed by atoms with van der Waals surface area (Å²) in [4.78, 5) is 16.5. The van der Waals surface area contributed by atoms with E-state index in [-0.39, 0.29) is 5.91 Å². The van der Waals surface area contributed by atoms with Crippen molar-refractivity contribution in [2.75, 3.05) is 12.4 Å². The normalized spacial score (nSPS) is 12.0. The zero-order valence-corrected chi connectivity index (χ0v) is 13.9. The molecular formula is C16H20N2O3S. The van der Waals surface area contributed by atoms with Gasteiger partial charge in [-0.15, -0.1) is 11.3 Å². The molecular weight excluding hydrogens is 300 g/mol. The summed E-state index contributed by atoms with van der Waals surface area (Å²) in [5.41, 5.74) is 0.974. The second-order valence-electron chi connectivity index (χ2n) is 5.16. The molecule has 2 rings (SSSR count). The molecule has 1 heterocycles. The Kier molecular flexibility index (Phi) is 5.38. The first-order valence-corrected chi connectivity index (χ1v) is 7.94. The van der Waals surface area contributed by atoms with Crippen molar-refractivity contribution in [3.8, 4) is 11.5 Å². The highest BCUT2D eigenvalue weighted by atomic mass is 32.1. The molecule has 0 saturated carbocycles. The van der Waals surface area contributed by atoms with Gasteiger partial charge in [0.15, 0.2) is 11.2 Å². The lowest BCUT2D eigenvalue weighted by Gasteiger charge is -2.14. The number of amides is 1. The molecule has 0 aliphatic heterocycles. The van der Waals surface area contributed by atoms with Gasteiger partial charge in [0.2, 0.25) is 0 Å². The molecule has 1 aromatic heterocycles. The number of nitrogens with one attached hydrogen (secondary N) is 1. The quantitative estimate of drug-likeness (QED) is 0.882. The van der Waals surface area contributed by atoms with E-state index in [1.54, 1.807) is 26.2 Å². The van der Waals surface area contributed by atoms with E-state index < -0.39 is 6.10 Å². The molecule has 2 aromatic rings. The Bertz CT molecular complexity index is 640. The maximum absolute atomic E-state index is 12.1. The number of anilines is 1. The lowest BCUT2D eigenvalue weighted by molar-refractivity contribution is -0.122. The fraction of sp³-hybridized carbons (Fsp3) is 0.375. The molecule has 1 aromatic carbocycles. The number of thiazole rings is 1. The molecule has 22 heavy (non-hydrogen) atoms. The zero-order valence-electron chi connectivity index (χ0n) is 13.1. The highest BCUT2D eigenvalue weighted by molar-refractivity contribution is 7.13. The van der Waals surface area contributed by atoms with Crippen LogP contribution in [0.3, 0.4) is 0 Å². The Labute approximate surface area is 134 Å². The van der Waals surface area contributed by atoms with Crippen molar-refractivity contribution in [3.63, 3.8) is 0 Å². The van der Waals surface area contributed by atoms with Crippen LogP contribution in [0, 0.1) is 0 Å². The number of rotatable bonds is 6. The minimum Gasteiger partial charge on any atom is -0.497 e. The molecule has 118 valence electrons. The van der Waals surface area contributed by atoms with Crippen LogP contribution in [-0.2, 0) is 4.79 Å². The summed E-state index contributed by atoms with van der Waals surface area (Å²) in [5, 5.41) is 5.32. The standard InChI is InChI=1S/C16H20N2O3S/c1-10(2)14-9-22-16(17-14)18-15(19)11(3)21-13-7-5-6-12(8-13)20-4/h5-11H,1-4H3,(H,17,18,19). The number of carbonyl (C=O) groups is 1. The van der Waals surface area contributed by atoms with E-state index in [9.17, 15) is 4.79 Å². The number of carbonyl (C=O) groups excluding carboxylic acids is 1. The van der Waals surface area contributed by atoms with Crippen LogP contribution < -0.4 is 14.8 Å². The summed E-state index contributed by atoms with van der Waals surface area (Å²) in [7, 11) is 1.59. The molecule has 0 bridgehead atoms. The minimum absolute atomic E-state index is 0.229. The smallest absolute Gasteiger partial charge is 0.266 e.